The molecule has 3 saturated carbocycles. The van der Waals surface area contributed by atoms with Gasteiger partial charge >= 0.3 is 36.8 Å². The van der Waals surface area contributed by atoms with Gasteiger partial charge in [0, 0.05) is 88.0 Å². The molecule has 3 aliphatic heterocycles. The van der Waals surface area contributed by atoms with Gasteiger partial charge in [0.2, 0.25) is 17.7 Å². The summed E-state index contributed by atoms with van der Waals surface area (Å²) in [5, 5.41) is -0.0263. The van der Waals surface area contributed by atoms with Crippen molar-refractivity contribution in [3.8, 4) is 35.5 Å². The van der Waals surface area contributed by atoms with Crippen molar-refractivity contribution in [1.82, 2.24) is 0 Å². The fourth-order valence-corrected chi connectivity index (χ4v) is 9.36. The Morgan fingerprint density at radius 2 is 0.795 bits per heavy atom. The minimum absolute atomic E-state index is 0.0208. The van der Waals surface area contributed by atoms with Crippen LogP contribution in [0.5, 0.6) is 0 Å². The molecule has 0 radical (unpaired) electrons. The molecular weight excluding hydrogens is 1240 g/mol. The van der Waals surface area contributed by atoms with Crippen molar-refractivity contribution in [2.24, 2.45) is 17.8 Å². The number of ketones is 2. The van der Waals surface area contributed by atoms with E-state index in [0.29, 0.717) is 59.6 Å². The standard InChI is InChI=1S/2C20H17ClF3NO4.C20H19ClF3NO3.C2H6/c1-12(26)3-2-4-17(27)25-16-8-7-14(21)11-15(16)19(20(22,23)24,29-18(25)28)10-9-13-5-6-13;1-2-14(26)6-8-17(27)25-16-7-5-13(21)11-15(16)19(20(22,23)24,29-18(25)28)10-9-12-3-4-12;1-2-3-4-5-17(26)25-16-9-8-14(21)12-15(16)19(20(22,23)24,28-18(25)27)11-10-13-6-7-13;1-2/h7-8,11,13H,2-6H2,1H3;5,7,11-12H,2-4,6,8H2,1H3;8-9,12-13H,2-7H2,1H3;1-2H3/t3*19-;/m000./s1. The normalized spacial score (nSPS) is 20.7. The molecule has 3 aromatic rings. The average molecular weight is 1300 g/mol. The molecule has 3 heterocycles. The smallest absolute Gasteiger partial charge is 0.414 e. The van der Waals surface area contributed by atoms with Crippen molar-refractivity contribution in [2.75, 3.05) is 14.7 Å². The molecule has 26 heteroatoms. The van der Waals surface area contributed by atoms with Crippen LogP contribution in [-0.4, -0.2) is 66.1 Å². The summed E-state index contributed by atoms with van der Waals surface area (Å²) < 4.78 is 141. The third-order valence-corrected chi connectivity index (χ3v) is 14.7. The molecule has 6 amide bonds. The summed E-state index contributed by atoms with van der Waals surface area (Å²) in [6, 6.07) is 10.5. The highest BCUT2D eigenvalue weighted by Gasteiger charge is 2.66. The SMILES string of the molecule is CC.CC(=O)CCCC(=O)N1C(=O)O[C@](C#CC2CC2)(C(F)(F)F)c2cc(Cl)ccc21.CCC(=O)CCC(=O)N1C(=O)O[C@](C#CC2CC2)(C(F)(F)F)c2cc(Cl)ccc21.CCCCCC(=O)N1C(=O)O[C@](C#CC2CC2)(C(F)(F)F)c2cc(Cl)ccc21. The number of rotatable bonds is 12. The molecule has 3 aliphatic carbocycles. The Hall–Kier alpha value is -7.26. The zero-order valence-corrected chi connectivity index (χ0v) is 50.4. The van der Waals surface area contributed by atoms with Gasteiger partial charge in [-0.2, -0.15) is 39.5 Å². The van der Waals surface area contributed by atoms with E-state index in [1.54, 1.807) is 6.92 Å². The van der Waals surface area contributed by atoms with Crippen LogP contribution in [0.15, 0.2) is 54.6 Å². The Bertz CT molecular complexity index is 3420. The van der Waals surface area contributed by atoms with Gasteiger partial charge in [0.25, 0.3) is 16.8 Å². The monoisotopic (exact) mass is 1300 g/mol. The molecule has 88 heavy (non-hydrogen) atoms. The molecule has 6 aliphatic rings. The number of carbonyl (C=O) groups excluding carboxylic acids is 8. The lowest BCUT2D eigenvalue weighted by Gasteiger charge is -2.39. The predicted octanol–water partition coefficient (Wildman–Crippen LogP) is 16.1. The largest absolute Gasteiger partial charge is 0.445 e. The molecule has 3 atom stereocenters. The van der Waals surface area contributed by atoms with Crippen molar-refractivity contribution >= 4 is 99.4 Å². The summed E-state index contributed by atoms with van der Waals surface area (Å²) >= 11 is 17.8. The maximum absolute atomic E-state index is 14.1. The van der Waals surface area contributed by atoms with Gasteiger partial charge < -0.3 is 19.0 Å². The number of anilines is 3. The zero-order chi connectivity index (χ0) is 65.3. The first-order valence-corrected chi connectivity index (χ1v) is 29.3. The van der Waals surface area contributed by atoms with Crippen LogP contribution in [0.4, 0.5) is 71.0 Å². The van der Waals surface area contributed by atoms with Gasteiger partial charge in [-0.1, -0.05) is 93.1 Å². The molecule has 0 unspecified atom stereocenters. The minimum atomic E-state index is -5.06. The zero-order valence-electron chi connectivity index (χ0n) is 48.1. The molecular formula is C62H59Cl3F9N3O11. The van der Waals surface area contributed by atoms with Crippen LogP contribution in [-0.2, 0) is 55.0 Å². The van der Waals surface area contributed by atoms with E-state index in [2.05, 4.69) is 35.5 Å². The Balaban J connectivity index is 0.000000208. The first-order chi connectivity index (χ1) is 41.3. The van der Waals surface area contributed by atoms with Crippen molar-refractivity contribution in [2.45, 2.75) is 173 Å². The summed E-state index contributed by atoms with van der Waals surface area (Å²) in [7, 11) is 0. The maximum atomic E-state index is 14.1. The van der Waals surface area contributed by atoms with Crippen molar-refractivity contribution in [3.05, 3.63) is 86.4 Å². The summed E-state index contributed by atoms with van der Waals surface area (Å²) in [6.45, 7) is 8.93. The van der Waals surface area contributed by atoms with Gasteiger partial charge in [0.1, 0.15) is 11.6 Å². The second kappa shape index (κ2) is 28.5. The van der Waals surface area contributed by atoms with Crippen LogP contribution in [0.1, 0.15) is 154 Å². The molecule has 0 spiro atoms. The van der Waals surface area contributed by atoms with Gasteiger partial charge in [0.05, 0.1) is 17.1 Å². The number of imide groups is 3. The number of fused-ring (bicyclic) bond motifs is 3. The molecule has 9 rings (SSSR count). The van der Waals surface area contributed by atoms with Gasteiger partial charge in [-0.05, 0) is 131 Å². The fourth-order valence-electron chi connectivity index (χ4n) is 8.84. The number of hydrogen-bond acceptors (Lipinski definition) is 11. The van der Waals surface area contributed by atoms with Crippen molar-refractivity contribution in [3.63, 3.8) is 0 Å². The van der Waals surface area contributed by atoms with E-state index in [1.165, 1.54) is 37.3 Å². The van der Waals surface area contributed by atoms with Crippen LogP contribution in [0.2, 0.25) is 15.1 Å². The van der Waals surface area contributed by atoms with Crippen LogP contribution < -0.4 is 14.7 Å². The van der Waals surface area contributed by atoms with Crippen molar-refractivity contribution < 1.29 is 92.1 Å². The fraction of sp³-hybridized carbons (Fsp3) is 0.484. The number of benzene rings is 3. The number of halogens is 12. The second-order valence-electron chi connectivity index (χ2n) is 20.8. The average Bonchev–Trinajstić information content (AvgIpc) is 1.05. The van der Waals surface area contributed by atoms with E-state index in [4.69, 9.17) is 49.0 Å². The van der Waals surface area contributed by atoms with Gasteiger partial charge in [-0.3, -0.25) is 19.2 Å². The van der Waals surface area contributed by atoms with E-state index >= 15 is 0 Å². The number of carbonyl (C=O) groups is 8. The molecule has 472 valence electrons. The van der Waals surface area contributed by atoms with Gasteiger partial charge in [-0.25, -0.2) is 29.1 Å². The van der Waals surface area contributed by atoms with Crippen molar-refractivity contribution in [1.29, 1.82) is 0 Å². The third kappa shape index (κ3) is 15.9. The summed E-state index contributed by atoms with van der Waals surface area (Å²) in [4.78, 5) is 99.4. The molecule has 0 N–H and O–H groups in total. The minimum Gasteiger partial charge on any atom is -0.414 e. The number of ether oxygens (including phenoxy) is 3. The Morgan fingerprint density at radius 1 is 0.489 bits per heavy atom. The summed E-state index contributed by atoms with van der Waals surface area (Å²) in [5.41, 5.74) is -11.8. The van der Waals surface area contributed by atoms with Crippen LogP contribution in [0, 0.1) is 53.3 Å². The Labute approximate surface area is 516 Å². The summed E-state index contributed by atoms with van der Waals surface area (Å²) in [5.74, 6) is 10.8. The Morgan fingerprint density at radius 3 is 1.07 bits per heavy atom. The highest BCUT2D eigenvalue weighted by atomic mass is 35.5. The van der Waals surface area contributed by atoms with E-state index in [-0.39, 0.29) is 106 Å². The highest BCUT2D eigenvalue weighted by Crippen LogP contribution is 2.53. The predicted molar refractivity (Wildman–Crippen MR) is 306 cm³/mol. The van der Waals surface area contributed by atoms with Crippen LogP contribution in [0.25, 0.3) is 0 Å². The van der Waals surface area contributed by atoms with E-state index in [0.717, 1.165) is 37.1 Å². The number of hydrogen-bond donors (Lipinski definition) is 0. The Kier molecular flexibility index (Phi) is 22.6. The second-order valence-corrected chi connectivity index (χ2v) is 22.2. The highest BCUT2D eigenvalue weighted by molar-refractivity contribution is 6.32. The van der Waals surface area contributed by atoms with Gasteiger partial charge in [0.15, 0.2) is 0 Å². The quantitative estimate of drug-likeness (QED) is 0.0730. The number of cyclic esters (lactones) is 3. The maximum Gasteiger partial charge on any atom is 0.445 e. The van der Waals surface area contributed by atoms with Gasteiger partial charge in [-0.15, -0.1) is 0 Å². The van der Waals surface area contributed by atoms with Crippen LogP contribution in [0.3, 0.4) is 0 Å². The molecule has 3 fully saturated rings. The topological polar surface area (TPSA) is 174 Å². The van der Waals surface area contributed by atoms with E-state index < -0.39 is 88.0 Å². The lowest BCUT2D eigenvalue weighted by Crippen LogP contribution is -2.54. The molecule has 14 nitrogen and oxygen atoms in total. The molecule has 3 aromatic carbocycles. The van der Waals surface area contributed by atoms with Crippen LogP contribution >= 0.6 is 34.8 Å². The lowest BCUT2D eigenvalue weighted by atomic mass is 9.89. The molecule has 0 aromatic heterocycles. The number of Topliss-reactive ketones (excluding diaryl/α,β-unsaturated/α-hetero) is 2. The number of amides is 6. The lowest BCUT2D eigenvalue weighted by molar-refractivity contribution is -0.240. The molecule has 0 saturated heterocycles. The third-order valence-electron chi connectivity index (χ3n) is 14.0. The first-order valence-electron chi connectivity index (χ1n) is 28.2. The first kappa shape index (κ1) is 69.8. The van der Waals surface area contributed by atoms with E-state index in [9.17, 15) is 77.9 Å². The number of unbranched alkanes of at least 4 members (excludes halogenated alkanes) is 2. The number of nitrogens with zero attached hydrogens (tertiary/aromatic N) is 3. The van der Waals surface area contributed by atoms with E-state index in [1.807, 2.05) is 20.8 Å². The summed E-state index contributed by atoms with van der Waals surface area (Å²) in [6.07, 6.45) is -13.3. The number of alkyl halides is 9. The molecule has 0 bridgehead atoms.